The van der Waals surface area contributed by atoms with E-state index in [0.29, 0.717) is 5.69 Å². The first-order chi connectivity index (χ1) is 17.7. The van der Waals surface area contributed by atoms with E-state index in [0.717, 1.165) is 63.7 Å². The van der Waals surface area contributed by atoms with E-state index in [1.807, 2.05) is 12.1 Å². The largest absolute Gasteiger partial charge is 0.353 e. The van der Waals surface area contributed by atoms with Gasteiger partial charge in [-0.3, -0.25) is 19.9 Å². The predicted octanol–water partition coefficient (Wildman–Crippen LogP) is 6.64. The summed E-state index contributed by atoms with van der Waals surface area (Å²) >= 11 is 1.70. The van der Waals surface area contributed by atoms with Gasteiger partial charge in [0.05, 0.1) is 35.0 Å². The highest BCUT2D eigenvalue weighted by Gasteiger charge is 2.25. The zero-order chi connectivity index (χ0) is 24.1. The average Bonchev–Trinajstić information content (AvgIpc) is 3.61. The van der Waals surface area contributed by atoms with E-state index in [-0.39, 0.29) is 11.8 Å². The number of H-pyrrole nitrogens is 2. The lowest BCUT2D eigenvalue weighted by atomic mass is 9.85. The number of hydrogen-bond donors (Lipinski definition) is 3. The van der Waals surface area contributed by atoms with Gasteiger partial charge in [-0.2, -0.15) is 16.4 Å². The Bertz CT molecular complexity index is 1730. The van der Waals surface area contributed by atoms with Crippen molar-refractivity contribution in [2.75, 3.05) is 5.32 Å². The van der Waals surface area contributed by atoms with Crippen LogP contribution in [0.25, 0.3) is 55.6 Å². The molecular formula is C28H22N6OS. The van der Waals surface area contributed by atoms with Crippen LogP contribution in [0.15, 0.2) is 71.8 Å². The Labute approximate surface area is 210 Å². The van der Waals surface area contributed by atoms with Crippen LogP contribution in [-0.4, -0.2) is 31.1 Å². The number of aromatic nitrogens is 5. The highest BCUT2D eigenvalue weighted by molar-refractivity contribution is 7.08. The van der Waals surface area contributed by atoms with Crippen molar-refractivity contribution in [1.29, 1.82) is 0 Å². The molecule has 176 valence electrons. The first kappa shape index (κ1) is 21.0. The van der Waals surface area contributed by atoms with Crippen molar-refractivity contribution < 1.29 is 4.79 Å². The molecule has 8 heteroatoms. The average molecular weight is 491 g/mol. The Balaban J connectivity index is 1.26. The number of carbonyl (C=O) groups excluding carboxylic acids is 1. The fraction of sp³-hybridized carbons (Fsp3) is 0.143. The van der Waals surface area contributed by atoms with Crippen molar-refractivity contribution in [2.45, 2.75) is 19.3 Å². The van der Waals surface area contributed by atoms with Crippen LogP contribution < -0.4 is 5.32 Å². The molecule has 0 spiro atoms. The molecule has 0 atom stereocenters. The van der Waals surface area contributed by atoms with Crippen LogP contribution in [0.4, 0.5) is 5.69 Å². The van der Waals surface area contributed by atoms with Gasteiger partial charge in [0.1, 0.15) is 5.69 Å². The minimum atomic E-state index is 0.0707. The highest BCUT2D eigenvalue weighted by Crippen LogP contribution is 2.35. The summed E-state index contributed by atoms with van der Waals surface area (Å²) in [5, 5.41) is 17.1. The van der Waals surface area contributed by atoms with Gasteiger partial charge < -0.3 is 10.3 Å². The molecule has 3 N–H and O–H groups in total. The number of fused-ring (bicyclic) bond motifs is 2. The van der Waals surface area contributed by atoms with Crippen LogP contribution in [0.2, 0.25) is 0 Å². The van der Waals surface area contributed by atoms with Crippen LogP contribution in [0, 0.1) is 5.92 Å². The number of thiophene rings is 1. The SMILES string of the molecule is O=C(Nc1cncc(-c2cc3c(-c4cc5c(-c6ccsc6)cccc5[nH]4)n[nH]c3cn2)c1)C1CCC1. The minimum Gasteiger partial charge on any atom is -0.353 e. The van der Waals surface area contributed by atoms with Gasteiger partial charge >= 0.3 is 0 Å². The fourth-order valence-electron chi connectivity index (χ4n) is 4.80. The predicted molar refractivity (Wildman–Crippen MR) is 144 cm³/mol. The summed E-state index contributed by atoms with van der Waals surface area (Å²) in [5.41, 5.74) is 8.41. The summed E-state index contributed by atoms with van der Waals surface area (Å²) in [4.78, 5) is 24.9. The number of aromatic amines is 2. The number of benzene rings is 1. The molecule has 1 aliphatic rings. The van der Waals surface area contributed by atoms with Crippen LogP contribution in [0.3, 0.4) is 0 Å². The number of hydrogen-bond acceptors (Lipinski definition) is 5. The molecule has 0 saturated heterocycles. The second-order valence-corrected chi connectivity index (χ2v) is 10.0. The Morgan fingerprint density at radius 3 is 2.78 bits per heavy atom. The van der Waals surface area contributed by atoms with E-state index >= 15 is 0 Å². The quantitative estimate of drug-likeness (QED) is 0.252. The standard InChI is InChI=1S/C28H22N6OS/c35-28(16-3-1-4-16)31-19-9-18(12-29-13-19)24-11-22-26(14-30-24)33-34-27(22)25-10-21-20(17-7-8-36-15-17)5-2-6-23(21)32-25/h2,5-16,32H,1,3-4H2,(H,31,35)(H,33,34). The van der Waals surface area contributed by atoms with Crippen LogP contribution in [0.1, 0.15) is 19.3 Å². The molecule has 0 bridgehead atoms. The number of carbonyl (C=O) groups is 1. The Hall–Kier alpha value is -4.30. The Kier molecular flexibility index (Phi) is 4.92. The molecule has 1 fully saturated rings. The van der Waals surface area contributed by atoms with E-state index < -0.39 is 0 Å². The van der Waals surface area contributed by atoms with Crippen molar-refractivity contribution in [3.63, 3.8) is 0 Å². The maximum Gasteiger partial charge on any atom is 0.227 e. The van der Waals surface area contributed by atoms with Crippen molar-refractivity contribution >= 4 is 44.7 Å². The highest BCUT2D eigenvalue weighted by atomic mass is 32.1. The molecule has 0 radical (unpaired) electrons. The number of nitrogens with zero attached hydrogens (tertiary/aromatic N) is 3. The smallest absolute Gasteiger partial charge is 0.227 e. The van der Waals surface area contributed by atoms with Crippen molar-refractivity contribution in [3.05, 3.63) is 71.8 Å². The van der Waals surface area contributed by atoms with Gasteiger partial charge in [0.25, 0.3) is 0 Å². The fourth-order valence-corrected chi connectivity index (χ4v) is 5.45. The molecule has 5 heterocycles. The van der Waals surface area contributed by atoms with E-state index in [9.17, 15) is 4.79 Å². The lowest BCUT2D eigenvalue weighted by molar-refractivity contribution is -0.122. The first-order valence-corrected chi connectivity index (χ1v) is 12.9. The molecule has 36 heavy (non-hydrogen) atoms. The van der Waals surface area contributed by atoms with Gasteiger partial charge in [-0.15, -0.1) is 0 Å². The summed E-state index contributed by atoms with van der Waals surface area (Å²) in [7, 11) is 0. The van der Waals surface area contributed by atoms with Crippen LogP contribution >= 0.6 is 11.3 Å². The first-order valence-electron chi connectivity index (χ1n) is 12.0. The molecule has 5 aromatic heterocycles. The summed E-state index contributed by atoms with van der Waals surface area (Å²) in [6, 6.07) is 14.6. The molecule has 1 amide bonds. The van der Waals surface area contributed by atoms with Crippen molar-refractivity contribution in [2.24, 2.45) is 5.92 Å². The molecule has 6 aromatic rings. The zero-order valence-electron chi connectivity index (χ0n) is 19.3. The third-order valence-corrected chi connectivity index (χ3v) is 7.66. The number of amides is 1. The normalized spacial score (nSPS) is 13.8. The Morgan fingerprint density at radius 2 is 1.94 bits per heavy atom. The molecule has 1 aliphatic carbocycles. The number of nitrogens with one attached hydrogen (secondary N) is 3. The van der Waals surface area contributed by atoms with Gasteiger partial charge in [-0.05, 0) is 65.1 Å². The van der Waals surface area contributed by atoms with E-state index in [2.05, 4.69) is 71.6 Å². The third-order valence-electron chi connectivity index (χ3n) is 6.98. The van der Waals surface area contributed by atoms with Crippen LogP contribution in [-0.2, 0) is 4.79 Å². The summed E-state index contributed by atoms with van der Waals surface area (Å²) in [6.45, 7) is 0. The second-order valence-electron chi connectivity index (χ2n) is 9.23. The lowest BCUT2D eigenvalue weighted by Gasteiger charge is -2.24. The maximum atomic E-state index is 12.4. The number of rotatable bonds is 5. The molecule has 1 saturated carbocycles. The second kappa shape index (κ2) is 8.42. The lowest BCUT2D eigenvalue weighted by Crippen LogP contribution is -2.28. The van der Waals surface area contributed by atoms with Crippen LogP contribution in [0.5, 0.6) is 0 Å². The molecular weight excluding hydrogens is 468 g/mol. The van der Waals surface area contributed by atoms with Gasteiger partial charge in [-0.25, -0.2) is 0 Å². The van der Waals surface area contributed by atoms with E-state index in [4.69, 9.17) is 0 Å². The number of pyridine rings is 2. The summed E-state index contributed by atoms with van der Waals surface area (Å²) in [6.07, 6.45) is 8.28. The summed E-state index contributed by atoms with van der Waals surface area (Å²) in [5.74, 6) is 0.189. The van der Waals surface area contributed by atoms with Crippen molar-refractivity contribution in [1.82, 2.24) is 25.1 Å². The topological polar surface area (TPSA) is 99.4 Å². The molecule has 7 nitrogen and oxygen atoms in total. The third kappa shape index (κ3) is 3.58. The molecule has 7 rings (SSSR count). The van der Waals surface area contributed by atoms with E-state index in [1.165, 1.54) is 11.1 Å². The van der Waals surface area contributed by atoms with Gasteiger partial charge in [-0.1, -0.05) is 18.6 Å². The van der Waals surface area contributed by atoms with Gasteiger partial charge in [0, 0.05) is 34.0 Å². The van der Waals surface area contributed by atoms with Gasteiger partial charge in [0.15, 0.2) is 0 Å². The molecule has 0 aliphatic heterocycles. The molecule has 0 unspecified atom stereocenters. The Morgan fingerprint density at radius 1 is 1.00 bits per heavy atom. The summed E-state index contributed by atoms with van der Waals surface area (Å²) < 4.78 is 0. The minimum absolute atomic E-state index is 0.0707. The maximum absolute atomic E-state index is 12.4. The van der Waals surface area contributed by atoms with Crippen molar-refractivity contribution in [3.8, 4) is 33.8 Å². The molecule has 1 aromatic carbocycles. The number of anilines is 1. The van der Waals surface area contributed by atoms with E-state index in [1.54, 1.807) is 29.9 Å². The van der Waals surface area contributed by atoms with Gasteiger partial charge in [0.2, 0.25) is 5.91 Å². The zero-order valence-corrected chi connectivity index (χ0v) is 20.1. The monoisotopic (exact) mass is 490 g/mol.